The first-order valence-electron chi connectivity index (χ1n) is 7.55. The Balaban J connectivity index is 1.68. The molecule has 2 aromatic rings. The summed E-state index contributed by atoms with van der Waals surface area (Å²) in [7, 11) is 0. The number of aromatic nitrogens is 2. The van der Waals surface area contributed by atoms with Gasteiger partial charge in [0, 0.05) is 42.4 Å². The van der Waals surface area contributed by atoms with Gasteiger partial charge in [0.2, 0.25) is 11.8 Å². The number of thioether (sulfide) groups is 1. The summed E-state index contributed by atoms with van der Waals surface area (Å²) in [4.78, 5) is 40.0. The normalized spacial score (nSPS) is 11.0. The van der Waals surface area contributed by atoms with Gasteiger partial charge in [-0.1, -0.05) is 13.8 Å². The third-order valence-electron chi connectivity index (χ3n) is 3.11. The van der Waals surface area contributed by atoms with E-state index in [9.17, 15) is 14.4 Å². The number of hydrogen-bond donors (Lipinski definition) is 2. The van der Waals surface area contributed by atoms with Crippen molar-refractivity contribution in [2.24, 2.45) is 5.92 Å². The molecule has 2 heterocycles. The second kappa shape index (κ2) is 8.84. The summed E-state index contributed by atoms with van der Waals surface area (Å²) in [5, 5.41) is 7.29. The fraction of sp³-hybridized carbons (Fsp3) is 0.467. The highest BCUT2D eigenvalue weighted by Crippen LogP contribution is 2.12. The van der Waals surface area contributed by atoms with Crippen molar-refractivity contribution < 1.29 is 9.59 Å². The van der Waals surface area contributed by atoms with Crippen molar-refractivity contribution in [1.82, 2.24) is 20.0 Å². The quantitative estimate of drug-likeness (QED) is 0.675. The van der Waals surface area contributed by atoms with Gasteiger partial charge in [-0.05, 0) is 0 Å². The maximum absolute atomic E-state index is 11.8. The first-order chi connectivity index (χ1) is 11.5. The predicted molar refractivity (Wildman–Crippen MR) is 96.4 cm³/mol. The molecule has 0 bridgehead atoms. The van der Waals surface area contributed by atoms with Crippen LogP contribution in [0.25, 0.3) is 4.96 Å². The zero-order chi connectivity index (χ0) is 17.5. The highest BCUT2D eigenvalue weighted by Gasteiger charge is 2.07. The molecule has 7 nitrogen and oxygen atoms in total. The van der Waals surface area contributed by atoms with E-state index in [0.717, 1.165) is 0 Å². The summed E-state index contributed by atoms with van der Waals surface area (Å²) >= 11 is 2.80. The molecular formula is C15H20N4O3S2. The fourth-order valence-corrected chi connectivity index (χ4v) is 3.34. The Kier molecular flexibility index (Phi) is 6.80. The summed E-state index contributed by atoms with van der Waals surface area (Å²) in [6, 6.07) is 1.49. The van der Waals surface area contributed by atoms with Crippen LogP contribution >= 0.6 is 23.1 Å². The van der Waals surface area contributed by atoms with Crippen molar-refractivity contribution >= 4 is 39.9 Å². The molecule has 0 aliphatic heterocycles. The Labute approximate surface area is 147 Å². The number of hydrogen-bond acceptors (Lipinski definition) is 6. The van der Waals surface area contributed by atoms with Crippen LogP contribution in [0.3, 0.4) is 0 Å². The van der Waals surface area contributed by atoms with Gasteiger partial charge in [-0.15, -0.1) is 23.1 Å². The van der Waals surface area contributed by atoms with Crippen LogP contribution in [0, 0.1) is 5.92 Å². The smallest absolute Gasteiger partial charge is 0.258 e. The van der Waals surface area contributed by atoms with Gasteiger partial charge in [0.1, 0.15) is 0 Å². The molecule has 0 aliphatic rings. The van der Waals surface area contributed by atoms with Crippen molar-refractivity contribution in [2.75, 3.05) is 18.8 Å². The predicted octanol–water partition coefficient (Wildman–Crippen LogP) is 0.878. The molecule has 0 spiro atoms. The molecule has 24 heavy (non-hydrogen) atoms. The zero-order valence-electron chi connectivity index (χ0n) is 13.6. The topological polar surface area (TPSA) is 92.6 Å². The number of thiazole rings is 1. The lowest BCUT2D eigenvalue weighted by Gasteiger charge is -2.08. The summed E-state index contributed by atoms with van der Waals surface area (Å²) < 4.78 is 1.50. The number of nitrogens with one attached hydrogen (secondary N) is 2. The lowest BCUT2D eigenvalue weighted by Crippen LogP contribution is -2.37. The van der Waals surface area contributed by atoms with Gasteiger partial charge in [-0.3, -0.25) is 18.8 Å². The van der Waals surface area contributed by atoms with Crippen molar-refractivity contribution in [3.8, 4) is 0 Å². The van der Waals surface area contributed by atoms with E-state index in [-0.39, 0.29) is 29.0 Å². The van der Waals surface area contributed by atoms with Crippen molar-refractivity contribution in [1.29, 1.82) is 0 Å². The highest BCUT2D eigenvalue weighted by molar-refractivity contribution is 7.99. The third kappa shape index (κ3) is 5.34. The molecule has 9 heteroatoms. The van der Waals surface area contributed by atoms with Crippen molar-refractivity contribution in [2.45, 2.75) is 19.6 Å². The second-order valence-electron chi connectivity index (χ2n) is 5.43. The van der Waals surface area contributed by atoms with Gasteiger partial charge in [-0.25, -0.2) is 4.98 Å². The van der Waals surface area contributed by atoms with Crippen LogP contribution in [0.2, 0.25) is 0 Å². The zero-order valence-corrected chi connectivity index (χ0v) is 15.2. The molecular weight excluding hydrogens is 348 g/mol. The highest BCUT2D eigenvalue weighted by atomic mass is 32.2. The SMILES string of the molecule is CC(C)C(=O)NCCNC(=O)CSCc1cc(=O)n2ccsc2n1. The number of fused-ring (bicyclic) bond motifs is 1. The number of carbonyl (C=O) groups excluding carboxylic acids is 2. The van der Waals surface area contributed by atoms with Gasteiger partial charge in [0.25, 0.3) is 5.56 Å². The van der Waals surface area contributed by atoms with Crippen LogP contribution < -0.4 is 16.2 Å². The minimum atomic E-state index is -0.109. The molecule has 130 valence electrons. The van der Waals surface area contributed by atoms with Crippen LogP contribution in [-0.4, -0.2) is 40.0 Å². The van der Waals surface area contributed by atoms with Crippen LogP contribution in [-0.2, 0) is 15.3 Å². The minimum Gasteiger partial charge on any atom is -0.354 e. The van der Waals surface area contributed by atoms with Crippen LogP contribution in [0.15, 0.2) is 22.4 Å². The van der Waals surface area contributed by atoms with E-state index in [2.05, 4.69) is 15.6 Å². The average Bonchev–Trinajstić information content (AvgIpc) is 3.00. The maximum Gasteiger partial charge on any atom is 0.258 e. The van der Waals surface area contributed by atoms with E-state index in [4.69, 9.17) is 0 Å². The van der Waals surface area contributed by atoms with Crippen molar-refractivity contribution in [3.63, 3.8) is 0 Å². The molecule has 0 aromatic carbocycles. The largest absolute Gasteiger partial charge is 0.354 e. The van der Waals surface area contributed by atoms with Gasteiger partial charge in [0.15, 0.2) is 4.96 Å². The van der Waals surface area contributed by atoms with Crippen LogP contribution in [0.1, 0.15) is 19.5 Å². The van der Waals surface area contributed by atoms with Crippen molar-refractivity contribution in [3.05, 3.63) is 33.7 Å². The molecule has 0 radical (unpaired) electrons. The first-order valence-corrected chi connectivity index (χ1v) is 9.58. The lowest BCUT2D eigenvalue weighted by atomic mass is 10.2. The summed E-state index contributed by atoms with van der Waals surface area (Å²) in [5.74, 6) is 0.589. The molecule has 0 saturated heterocycles. The monoisotopic (exact) mass is 368 g/mol. The molecule has 2 N–H and O–H groups in total. The number of amides is 2. The van der Waals surface area contributed by atoms with E-state index in [1.165, 1.54) is 33.6 Å². The Morgan fingerprint density at radius 3 is 2.83 bits per heavy atom. The molecule has 0 aliphatic carbocycles. The molecule has 2 rings (SSSR count). The standard InChI is InChI=1S/C15H20N4O3S2/c1-10(2)14(22)17-4-3-16-12(20)9-23-8-11-7-13(21)19-5-6-24-15(19)18-11/h5-7,10H,3-4,8-9H2,1-2H3,(H,16,20)(H,17,22). The van der Waals surface area contributed by atoms with E-state index in [1.54, 1.807) is 6.20 Å². The third-order valence-corrected chi connectivity index (χ3v) is 4.83. The lowest BCUT2D eigenvalue weighted by molar-refractivity contribution is -0.124. The number of rotatable bonds is 8. The Morgan fingerprint density at radius 1 is 1.33 bits per heavy atom. The minimum absolute atomic E-state index is 0.0278. The Morgan fingerprint density at radius 2 is 2.08 bits per heavy atom. The number of nitrogens with zero attached hydrogens (tertiary/aromatic N) is 2. The van der Waals surface area contributed by atoms with E-state index in [1.807, 2.05) is 19.2 Å². The molecule has 0 fully saturated rings. The van der Waals surface area contributed by atoms with Gasteiger partial charge >= 0.3 is 0 Å². The average molecular weight is 368 g/mol. The molecule has 2 amide bonds. The number of carbonyl (C=O) groups is 2. The molecule has 0 saturated carbocycles. The van der Waals surface area contributed by atoms with Gasteiger partial charge < -0.3 is 10.6 Å². The maximum atomic E-state index is 11.8. The summed E-state index contributed by atoms with van der Waals surface area (Å²) in [6.07, 6.45) is 1.69. The second-order valence-corrected chi connectivity index (χ2v) is 7.29. The van der Waals surface area contributed by atoms with E-state index >= 15 is 0 Å². The van der Waals surface area contributed by atoms with Gasteiger partial charge in [0.05, 0.1) is 11.4 Å². The van der Waals surface area contributed by atoms with Crippen LogP contribution in [0.5, 0.6) is 0 Å². The van der Waals surface area contributed by atoms with Gasteiger partial charge in [-0.2, -0.15) is 0 Å². The molecule has 0 atom stereocenters. The van der Waals surface area contributed by atoms with Crippen LogP contribution in [0.4, 0.5) is 0 Å². The Hall–Kier alpha value is -1.87. The molecule has 0 unspecified atom stereocenters. The summed E-state index contributed by atoms with van der Waals surface area (Å²) in [5.41, 5.74) is 0.562. The van der Waals surface area contributed by atoms with E-state index in [0.29, 0.717) is 29.5 Å². The summed E-state index contributed by atoms with van der Waals surface area (Å²) in [6.45, 7) is 4.45. The molecule has 2 aromatic heterocycles. The fourth-order valence-electron chi connectivity index (χ4n) is 1.85. The Bertz CT molecular complexity index is 769. The van der Waals surface area contributed by atoms with E-state index < -0.39 is 0 Å². The first kappa shape index (κ1) is 18.5.